The first-order valence-electron chi connectivity index (χ1n) is 9.64. The second-order valence-corrected chi connectivity index (χ2v) is 7.45. The van der Waals surface area contributed by atoms with Crippen LogP contribution in [0.4, 0.5) is 4.79 Å². The van der Waals surface area contributed by atoms with Crippen molar-refractivity contribution in [2.24, 2.45) is 5.73 Å². The van der Waals surface area contributed by atoms with Crippen molar-refractivity contribution in [2.45, 2.75) is 31.9 Å². The highest BCUT2D eigenvalue weighted by Gasteiger charge is 2.32. The highest BCUT2D eigenvalue weighted by molar-refractivity contribution is 6.33. The number of ether oxygens (including phenoxy) is 3. The molecule has 156 valence electrons. The molecule has 2 aromatic rings. The average Bonchev–Trinajstić information content (AvgIpc) is 3.56. The lowest BCUT2D eigenvalue weighted by molar-refractivity contribution is 0.0986. The molecule has 0 aromatic heterocycles. The number of urea groups is 1. The van der Waals surface area contributed by atoms with Gasteiger partial charge in [-0.1, -0.05) is 41.9 Å². The molecule has 0 atom stereocenters. The number of carbonyl (C=O) groups excluding carboxylic acids is 1. The number of hydrogen-bond acceptors (Lipinski definition) is 4. The molecule has 1 aliphatic rings. The fourth-order valence-corrected chi connectivity index (χ4v) is 3.62. The molecule has 2 aromatic carbocycles. The lowest BCUT2D eigenvalue weighted by Gasteiger charge is -2.23. The van der Waals surface area contributed by atoms with Crippen LogP contribution in [0.25, 0.3) is 0 Å². The summed E-state index contributed by atoms with van der Waals surface area (Å²) in [5.74, 6) is 1.76. The molecule has 0 radical (unpaired) electrons. The van der Waals surface area contributed by atoms with Gasteiger partial charge in [-0.05, 0) is 36.0 Å². The van der Waals surface area contributed by atoms with Crippen molar-refractivity contribution < 1.29 is 19.0 Å². The Hall–Kier alpha value is -2.44. The van der Waals surface area contributed by atoms with E-state index in [0.29, 0.717) is 36.4 Å². The van der Waals surface area contributed by atoms with Crippen molar-refractivity contribution in [1.82, 2.24) is 4.90 Å². The van der Waals surface area contributed by atoms with Crippen molar-refractivity contribution in [3.8, 4) is 11.5 Å². The summed E-state index contributed by atoms with van der Waals surface area (Å²) in [7, 11) is 3.22. The van der Waals surface area contributed by atoms with E-state index >= 15 is 0 Å². The predicted octanol–water partition coefficient (Wildman–Crippen LogP) is 4.33. The summed E-state index contributed by atoms with van der Waals surface area (Å²) in [6.45, 7) is 1.45. The highest BCUT2D eigenvalue weighted by Crippen LogP contribution is 2.52. The first-order valence-corrected chi connectivity index (χ1v) is 10.0. The standard InChI is InChI=1S/C22H27ClN2O4/c1-27-18-12-17(20(23)21(28-2)19(18)16-8-9-16)13-25(22(24)26)10-11-29-14-15-6-4-3-5-7-15/h3-7,12,16H,8-11,13-14H2,1-2H3,(H2,24,26). The number of amides is 2. The first-order chi connectivity index (χ1) is 14.0. The van der Waals surface area contributed by atoms with Crippen LogP contribution in [-0.4, -0.2) is 38.3 Å². The van der Waals surface area contributed by atoms with Crippen molar-refractivity contribution >= 4 is 17.6 Å². The number of nitrogens with zero attached hydrogens (tertiary/aromatic N) is 1. The van der Waals surface area contributed by atoms with Gasteiger partial charge in [0.2, 0.25) is 0 Å². The number of benzene rings is 2. The maximum atomic E-state index is 12.0. The molecule has 2 N–H and O–H groups in total. The SMILES string of the molecule is COc1cc(CN(CCOCc2ccccc2)C(N)=O)c(Cl)c(OC)c1C1CC1. The van der Waals surface area contributed by atoms with Crippen LogP contribution in [0.5, 0.6) is 11.5 Å². The van der Waals surface area contributed by atoms with Crippen LogP contribution in [0.2, 0.25) is 5.02 Å². The van der Waals surface area contributed by atoms with Gasteiger partial charge in [0.05, 0.1) is 32.5 Å². The molecule has 1 aliphatic carbocycles. The van der Waals surface area contributed by atoms with Crippen LogP contribution < -0.4 is 15.2 Å². The zero-order valence-corrected chi connectivity index (χ0v) is 17.6. The zero-order valence-electron chi connectivity index (χ0n) is 16.8. The molecule has 3 rings (SSSR count). The van der Waals surface area contributed by atoms with E-state index in [1.807, 2.05) is 36.4 Å². The molecule has 0 bridgehead atoms. The molecule has 0 heterocycles. The van der Waals surface area contributed by atoms with Crippen LogP contribution in [0.1, 0.15) is 35.4 Å². The Kier molecular flexibility index (Phi) is 7.23. The van der Waals surface area contributed by atoms with E-state index in [4.69, 9.17) is 31.5 Å². The van der Waals surface area contributed by atoms with E-state index in [0.717, 1.165) is 35.3 Å². The van der Waals surface area contributed by atoms with E-state index in [-0.39, 0.29) is 6.54 Å². The summed E-state index contributed by atoms with van der Waals surface area (Å²) < 4.78 is 16.8. The molecule has 29 heavy (non-hydrogen) atoms. The number of methoxy groups -OCH3 is 2. The Balaban J connectivity index is 1.69. The smallest absolute Gasteiger partial charge is 0.315 e. The topological polar surface area (TPSA) is 74.0 Å². The fraction of sp³-hybridized carbons (Fsp3) is 0.409. The summed E-state index contributed by atoms with van der Waals surface area (Å²) in [5, 5.41) is 0.492. The molecule has 0 spiro atoms. The Morgan fingerprint density at radius 3 is 2.52 bits per heavy atom. The third kappa shape index (κ3) is 5.34. The second-order valence-electron chi connectivity index (χ2n) is 7.07. The molecular formula is C22H27ClN2O4. The second kappa shape index (κ2) is 9.85. The maximum absolute atomic E-state index is 12.0. The molecule has 6 nitrogen and oxygen atoms in total. The lowest BCUT2D eigenvalue weighted by atomic mass is 10.0. The Morgan fingerprint density at radius 2 is 1.93 bits per heavy atom. The minimum Gasteiger partial charge on any atom is -0.496 e. The van der Waals surface area contributed by atoms with Crippen LogP contribution in [0.3, 0.4) is 0 Å². The number of rotatable bonds is 10. The first kappa shape index (κ1) is 21.3. The molecular weight excluding hydrogens is 392 g/mol. The largest absolute Gasteiger partial charge is 0.496 e. The van der Waals surface area contributed by atoms with Crippen molar-refractivity contribution in [3.05, 3.63) is 58.1 Å². The van der Waals surface area contributed by atoms with Crippen LogP contribution in [0.15, 0.2) is 36.4 Å². The zero-order chi connectivity index (χ0) is 20.8. The van der Waals surface area contributed by atoms with Crippen molar-refractivity contribution in [1.29, 1.82) is 0 Å². The van der Waals surface area contributed by atoms with Crippen molar-refractivity contribution in [2.75, 3.05) is 27.4 Å². The summed E-state index contributed by atoms with van der Waals surface area (Å²) in [6.07, 6.45) is 2.18. The number of halogens is 1. The number of primary amides is 1. The molecule has 1 fully saturated rings. The fourth-order valence-electron chi connectivity index (χ4n) is 3.33. The van der Waals surface area contributed by atoms with Gasteiger partial charge in [0, 0.05) is 18.7 Å². The average molecular weight is 419 g/mol. The summed E-state index contributed by atoms with van der Waals surface area (Å²) in [5.41, 5.74) is 8.39. The van der Waals surface area contributed by atoms with Gasteiger partial charge < -0.3 is 24.8 Å². The van der Waals surface area contributed by atoms with Gasteiger partial charge in [-0.25, -0.2) is 4.79 Å². The monoisotopic (exact) mass is 418 g/mol. The van der Waals surface area contributed by atoms with Gasteiger partial charge in [-0.15, -0.1) is 0 Å². The van der Waals surface area contributed by atoms with Gasteiger partial charge in [0.1, 0.15) is 11.5 Å². The summed E-state index contributed by atoms with van der Waals surface area (Å²) in [6, 6.07) is 11.2. The maximum Gasteiger partial charge on any atom is 0.315 e. The van der Waals surface area contributed by atoms with Gasteiger partial charge in [-0.3, -0.25) is 0 Å². The van der Waals surface area contributed by atoms with Crippen LogP contribution in [0, 0.1) is 0 Å². The quantitative estimate of drug-likeness (QED) is 0.582. The summed E-state index contributed by atoms with van der Waals surface area (Å²) >= 11 is 6.61. The van der Waals surface area contributed by atoms with Crippen LogP contribution in [-0.2, 0) is 17.9 Å². The Bertz CT molecular complexity index is 840. The Morgan fingerprint density at radius 1 is 1.21 bits per heavy atom. The molecule has 0 saturated heterocycles. The molecule has 0 aliphatic heterocycles. The minimum absolute atomic E-state index is 0.251. The van der Waals surface area contributed by atoms with Gasteiger partial charge in [0.25, 0.3) is 0 Å². The molecule has 7 heteroatoms. The Labute approximate surface area is 176 Å². The molecule has 2 amide bonds. The lowest BCUT2D eigenvalue weighted by Crippen LogP contribution is -2.37. The third-order valence-corrected chi connectivity index (χ3v) is 5.41. The van der Waals surface area contributed by atoms with Crippen molar-refractivity contribution in [3.63, 3.8) is 0 Å². The van der Waals surface area contributed by atoms with E-state index in [2.05, 4.69) is 0 Å². The van der Waals surface area contributed by atoms with Gasteiger partial charge in [-0.2, -0.15) is 0 Å². The van der Waals surface area contributed by atoms with Gasteiger partial charge in [0.15, 0.2) is 0 Å². The van der Waals surface area contributed by atoms with E-state index in [9.17, 15) is 4.79 Å². The number of carbonyl (C=O) groups is 1. The van der Waals surface area contributed by atoms with Gasteiger partial charge >= 0.3 is 6.03 Å². The van der Waals surface area contributed by atoms with E-state index in [1.165, 1.54) is 4.90 Å². The summed E-state index contributed by atoms with van der Waals surface area (Å²) in [4.78, 5) is 13.5. The number of hydrogen-bond donors (Lipinski definition) is 1. The third-order valence-electron chi connectivity index (χ3n) is 5.00. The predicted molar refractivity (Wildman–Crippen MR) is 113 cm³/mol. The highest BCUT2D eigenvalue weighted by atomic mass is 35.5. The minimum atomic E-state index is -0.534. The van der Waals surface area contributed by atoms with Crippen LogP contribution >= 0.6 is 11.6 Å². The molecule has 0 unspecified atom stereocenters. The molecule has 1 saturated carbocycles. The van der Waals surface area contributed by atoms with E-state index in [1.54, 1.807) is 14.2 Å². The van der Waals surface area contributed by atoms with E-state index < -0.39 is 6.03 Å². The normalized spacial score (nSPS) is 13.2. The number of nitrogens with two attached hydrogens (primary N) is 1.